The number of rotatable bonds is 2. The quantitative estimate of drug-likeness (QED) is 0.542. The van der Waals surface area contributed by atoms with Crippen molar-refractivity contribution < 1.29 is 4.79 Å². The van der Waals surface area contributed by atoms with Crippen LogP contribution in [0.15, 0.2) is 59.6 Å². The molecule has 0 saturated carbocycles. The largest absolute Gasteiger partial charge is 0.317 e. The van der Waals surface area contributed by atoms with Crippen molar-refractivity contribution in [3.63, 3.8) is 0 Å². The number of thiazole rings is 1. The van der Waals surface area contributed by atoms with Crippen molar-refractivity contribution in [2.24, 2.45) is 4.99 Å². The van der Waals surface area contributed by atoms with Crippen LogP contribution in [0.1, 0.15) is 23.0 Å². The van der Waals surface area contributed by atoms with Gasteiger partial charge in [0.2, 0.25) is 0 Å². The lowest BCUT2D eigenvalue weighted by atomic mass is 10.1. The van der Waals surface area contributed by atoms with E-state index in [1.165, 1.54) is 0 Å². The van der Waals surface area contributed by atoms with Crippen molar-refractivity contribution >= 4 is 38.4 Å². The molecule has 25 heavy (non-hydrogen) atoms. The fourth-order valence-electron chi connectivity index (χ4n) is 2.92. The molecule has 0 N–H and O–H groups in total. The first-order valence-corrected chi connectivity index (χ1v) is 9.02. The standard InChI is InChI=1S/C20H17N3OS/c1-3-23-17-6-4-5-7-18(17)25-20(23)22-19(24)15-10-11-16-14(12-15)9-8-13(2)21-16/h4-12H,3H2,1-2H3. The minimum Gasteiger partial charge on any atom is -0.317 e. The Kier molecular flexibility index (Phi) is 3.93. The maximum atomic E-state index is 12.7. The first-order valence-electron chi connectivity index (χ1n) is 8.20. The molecule has 0 spiro atoms. The lowest BCUT2D eigenvalue weighted by Crippen LogP contribution is -2.15. The van der Waals surface area contributed by atoms with Gasteiger partial charge in [-0.25, -0.2) is 0 Å². The molecular formula is C20H17N3OS. The average Bonchev–Trinajstić information content (AvgIpc) is 2.98. The minimum absolute atomic E-state index is 0.226. The molecule has 2 aromatic carbocycles. The van der Waals surface area contributed by atoms with Crippen molar-refractivity contribution in [3.05, 3.63) is 70.7 Å². The van der Waals surface area contributed by atoms with Gasteiger partial charge in [-0.2, -0.15) is 4.99 Å². The number of carbonyl (C=O) groups excluding carboxylic acids is 1. The number of pyridine rings is 1. The van der Waals surface area contributed by atoms with Gasteiger partial charge in [0.05, 0.1) is 15.7 Å². The van der Waals surface area contributed by atoms with Gasteiger partial charge in [-0.1, -0.05) is 29.5 Å². The third kappa shape index (κ3) is 2.87. The van der Waals surface area contributed by atoms with Crippen LogP contribution >= 0.6 is 11.3 Å². The number of para-hydroxylation sites is 1. The van der Waals surface area contributed by atoms with E-state index in [-0.39, 0.29) is 5.91 Å². The molecule has 4 aromatic rings. The van der Waals surface area contributed by atoms with Gasteiger partial charge in [-0.05, 0) is 50.2 Å². The van der Waals surface area contributed by atoms with Gasteiger partial charge in [0.1, 0.15) is 0 Å². The summed E-state index contributed by atoms with van der Waals surface area (Å²) < 4.78 is 3.21. The molecule has 0 aliphatic heterocycles. The number of hydrogen-bond acceptors (Lipinski definition) is 3. The molecule has 4 nitrogen and oxygen atoms in total. The van der Waals surface area contributed by atoms with Crippen LogP contribution in [0.25, 0.3) is 21.1 Å². The van der Waals surface area contributed by atoms with Crippen LogP contribution in [0.4, 0.5) is 0 Å². The predicted octanol–water partition coefficient (Wildman–Crippen LogP) is 4.32. The molecule has 124 valence electrons. The van der Waals surface area contributed by atoms with Crippen LogP contribution in [0, 0.1) is 6.92 Å². The van der Waals surface area contributed by atoms with E-state index in [0.29, 0.717) is 5.56 Å². The number of aryl methyl sites for hydroxylation is 2. The number of aromatic nitrogens is 2. The lowest BCUT2D eigenvalue weighted by molar-refractivity contribution is 0.0998. The summed E-state index contributed by atoms with van der Waals surface area (Å²) in [6.45, 7) is 4.79. The van der Waals surface area contributed by atoms with Crippen molar-refractivity contribution in [2.75, 3.05) is 0 Å². The highest BCUT2D eigenvalue weighted by atomic mass is 32.1. The summed E-state index contributed by atoms with van der Waals surface area (Å²) in [4.78, 5) is 22.3. The maximum Gasteiger partial charge on any atom is 0.279 e. The molecule has 5 heteroatoms. The van der Waals surface area contributed by atoms with Crippen molar-refractivity contribution in [2.45, 2.75) is 20.4 Å². The van der Waals surface area contributed by atoms with E-state index < -0.39 is 0 Å². The summed E-state index contributed by atoms with van der Waals surface area (Å²) in [6.07, 6.45) is 0. The number of amides is 1. The average molecular weight is 347 g/mol. The zero-order valence-electron chi connectivity index (χ0n) is 14.1. The fraction of sp³-hybridized carbons (Fsp3) is 0.150. The molecule has 2 heterocycles. The summed E-state index contributed by atoms with van der Waals surface area (Å²) in [6, 6.07) is 17.6. The van der Waals surface area contributed by atoms with Gasteiger partial charge in [-0.15, -0.1) is 0 Å². The maximum absolute atomic E-state index is 12.7. The summed E-state index contributed by atoms with van der Waals surface area (Å²) >= 11 is 1.54. The van der Waals surface area contributed by atoms with Crippen LogP contribution in [-0.4, -0.2) is 15.5 Å². The molecule has 0 aliphatic rings. The first kappa shape index (κ1) is 15.7. The number of fused-ring (bicyclic) bond motifs is 2. The van der Waals surface area contributed by atoms with Gasteiger partial charge in [0.25, 0.3) is 5.91 Å². The lowest BCUT2D eigenvalue weighted by Gasteiger charge is -2.02. The zero-order valence-corrected chi connectivity index (χ0v) is 14.9. The first-order chi connectivity index (χ1) is 12.2. The molecule has 0 saturated heterocycles. The Labute approximate surface area is 149 Å². The van der Waals surface area contributed by atoms with E-state index >= 15 is 0 Å². The highest BCUT2D eigenvalue weighted by Crippen LogP contribution is 2.18. The Balaban J connectivity index is 1.81. The zero-order chi connectivity index (χ0) is 17.4. The van der Waals surface area contributed by atoms with Gasteiger partial charge in [-0.3, -0.25) is 9.78 Å². The molecule has 0 unspecified atom stereocenters. The van der Waals surface area contributed by atoms with Gasteiger partial charge < -0.3 is 4.57 Å². The van der Waals surface area contributed by atoms with Crippen LogP contribution in [0.5, 0.6) is 0 Å². The van der Waals surface area contributed by atoms with Crippen molar-refractivity contribution in [1.82, 2.24) is 9.55 Å². The predicted molar refractivity (Wildman–Crippen MR) is 102 cm³/mol. The highest BCUT2D eigenvalue weighted by Gasteiger charge is 2.09. The Morgan fingerprint density at radius 2 is 2.00 bits per heavy atom. The molecule has 1 amide bonds. The minimum atomic E-state index is -0.226. The van der Waals surface area contributed by atoms with E-state index in [1.807, 2.05) is 43.3 Å². The second-order valence-electron chi connectivity index (χ2n) is 5.87. The van der Waals surface area contributed by atoms with Gasteiger partial charge in [0.15, 0.2) is 4.80 Å². The Morgan fingerprint density at radius 3 is 2.84 bits per heavy atom. The van der Waals surface area contributed by atoms with Crippen LogP contribution in [-0.2, 0) is 6.54 Å². The monoisotopic (exact) mass is 347 g/mol. The van der Waals surface area contributed by atoms with Crippen LogP contribution in [0.2, 0.25) is 0 Å². The molecule has 0 atom stereocenters. The summed E-state index contributed by atoms with van der Waals surface area (Å²) in [5.41, 5.74) is 3.55. The number of carbonyl (C=O) groups is 1. The molecule has 0 aliphatic carbocycles. The Morgan fingerprint density at radius 1 is 1.16 bits per heavy atom. The van der Waals surface area contributed by atoms with E-state index in [4.69, 9.17) is 0 Å². The van der Waals surface area contributed by atoms with Crippen molar-refractivity contribution in [1.29, 1.82) is 0 Å². The number of hydrogen-bond donors (Lipinski definition) is 0. The third-order valence-corrected chi connectivity index (χ3v) is 5.24. The summed E-state index contributed by atoms with van der Waals surface area (Å²) in [7, 11) is 0. The summed E-state index contributed by atoms with van der Waals surface area (Å²) in [5.74, 6) is -0.226. The van der Waals surface area contributed by atoms with Crippen molar-refractivity contribution in [3.8, 4) is 0 Å². The van der Waals surface area contributed by atoms with Gasteiger partial charge >= 0.3 is 0 Å². The topological polar surface area (TPSA) is 47.2 Å². The SMILES string of the molecule is CCn1c(=NC(=O)c2ccc3nc(C)ccc3c2)sc2ccccc21. The molecular weight excluding hydrogens is 330 g/mol. The molecule has 0 radical (unpaired) electrons. The molecule has 4 rings (SSSR count). The Hall–Kier alpha value is -2.79. The van der Waals surface area contributed by atoms with E-state index in [9.17, 15) is 4.79 Å². The highest BCUT2D eigenvalue weighted by molar-refractivity contribution is 7.16. The Bertz CT molecular complexity index is 1170. The fourth-order valence-corrected chi connectivity index (χ4v) is 4.02. The number of nitrogens with zero attached hydrogens (tertiary/aromatic N) is 3. The van der Waals surface area contributed by atoms with E-state index in [2.05, 4.69) is 33.6 Å². The van der Waals surface area contributed by atoms with Gasteiger partial charge in [0, 0.05) is 23.2 Å². The van der Waals surface area contributed by atoms with E-state index in [0.717, 1.165) is 38.2 Å². The third-order valence-electron chi connectivity index (χ3n) is 4.18. The molecule has 2 aromatic heterocycles. The second kappa shape index (κ2) is 6.26. The molecule has 0 bridgehead atoms. The molecule has 0 fully saturated rings. The van der Waals surface area contributed by atoms with Crippen LogP contribution in [0.3, 0.4) is 0 Å². The number of benzene rings is 2. The summed E-state index contributed by atoms with van der Waals surface area (Å²) in [5, 5.41) is 0.950. The van der Waals surface area contributed by atoms with E-state index in [1.54, 1.807) is 17.4 Å². The smallest absolute Gasteiger partial charge is 0.279 e. The second-order valence-corrected chi connectivity index (χ2v) is 6.88. The normalized spacial score (nSPS) is 12.2. The van der Waals surface area contributed by atoms with Crippen LogP contribution < -0.4 is 4.80 Å².